The van der Waals surface area contributed by atoms with Crippen molar-refractivity contribution in [2.75, 3.05) is 12.8 Å². The minimum absolute atomic E-state index is 0.225. The number of carbonyl (C=O) groups is 1. The van der Waals surface area contributed by atoms with Crippen LogP contribution >= 0.6 is 0 Å². The summed E-state index contributed by atoms with van der Waals surface area (Å²) in [4.78, 5) is 11.0. The molecule has 0 radical (unpaired) electrons. The van der Waals surface area contributed by atoms with Gasteiger partial charge >= 0.3 is 5.97 Å². The Kier molecular flexibility index (Phi) is 3.51. The molecule has 0 unspecified atom stereocenters. The van der Waals surface area contributed by atoms with Gasteiger partial charge < -0.3 is 10.5 Å². The number of nitrogens with two attached hydrogens (primary N) is 1. The summed E-state index contributed by atoms with van der Waals surface area (Å²) in [5.74, 6) is -0.225. The van der Waals surface area contributed by atoms with E-state index in [0.717, 1.165) is 23.2 Å². The van der Waals surface area contributed by atoms with Crippen molar-refractivity contribution in [2.24, 2.45) is 0 Å². The quantitative estimate of drug-likeness (QED) is 0.585. The summed E-state index contributed by atoms with van der Waals surface area (Å²) in [7, 11) is 1.39. The second-order valence-electron chi connectivity index (χ2n) is 3.14. The van der Waals surface area contributed by atoms with Crippen molar-refractivity contribution in [1.29, 1.82) is 0 Å². The zero-order valence-electron chi connectivity index (χ0n) is 8.54. The topological polar surface area (TPSA) is 52.3 Å². The highest BCUT2D eigenvalue weighted by Gasteiger charge is 2.04. The van der Waals surface area contributed by atoms with Gasteiger partial charge in [0.05, 0.1) is 13.5 Å². The number of carbonyl (C=O) groups excluding carboxylic acids is 1. The fourth-order valence-corrected chi connectivity index (χ4v) is 1.31. The number of hydrogen-bond acceptors (Lipinski definition) is 3. The molecule has 3 nitrogen and oxygen atoms in total. The predicted molar refractivity (Wildman–Crippen MR) is 56.0 cm³/mol. The number of nitrogen functional groups attached to an aromatic ring is 1. The maximum Gasteiger partial charge on any atom is 0.309 e. The first-order valence-electron chi connectivity index (χ1n) is 4.61. The number of rotatable bonds is 3. The van der Waals surface area contributed by atoms with Crippen LogP contribution in [0.1, 0.15) is 18.1 Å². The fourth-order valence-electron chi connectivity index (χ4n) is 1.31. The molecule has 0 spiro atoms. The van der Waals surface area contributed by atoms with Crippen LogP contribution in [0.2, 0.25) is 0 Å². The molecule has 0 saturated carbocycles. The van der Waals surface area contributed by atoms with Gasteiger partial charge in [-0.15, -0.1) is 0 Å². The van der Waals surface area contributed by atoms with E-state index in [1.165, 1.54) is 7.11 Å². The van der Waals surface area contributed by atoms with Crippen LogP contribution in [-0.4, -0.2) is 13.1 Å². The van der Waals surface area contributed by atoms with Crippen molar-refractivity contribution in [3.05, 3.63) is 29.3 Å². The Morgan fingerprint density at radius 3 is 2.79 bits per heavy atom. The Balaban J connectivity index is 2.84. The van der Waals surface area contributed by atoms with Crippen molar-refractivity contribution in [1.82, 2.24) is 0 Å². The minimum Gasteiger partial charge on any atom is -0.469 e. The van der Waals surface area contributed by atoms with E-state index in [9.17, 15) is 4.79 Å². The van der Waals surface area contributed by atoms with E-state index in [1.807, 2.05) is 25.1 Å². The second kappa shape index (κ2) is 4.65. The third-order valence-corrected chi connectivity index (χ3v) is 2.16. The summed E-state index contributed by atoms with van der Waals surface area (Å²) in [5, 5.41) is 0. The predicted octanol–water partition coefficient (Wildman–Crippen LogP) is 1.55. The minimum atomic E-state index is -0.225. The Morgan fingerprint density at radius 1 is 1.50 bits per heavy atom. The normalized spacial score (nSPS) is 9.86. The molecule has 14 heavy (non-hydrogen) atoms. The first-order valence-corrected chi connectivity index (χ1v) is 4.61. The van der Waals surface area contributed by atoms with Crippen molar-refractivity contribution in [2.45, 2.75) is 19.8 Å². The maximum atomic E-state index is 11.0. The molecule has 0 aromatic heterocycles. The van der Waals surface area contributed by atoms with Crippen LogP contribution in [0.25, 0.3) is 0 Å². The van der Waals surface area contributed by atoms with Gasteiger partial charge in [0.25, 0.3) is 0 Å². The lowest BCUT2D eigenvalue weighted by molar-refractivity contribution is -0.139. The van der Waals surface area contributed by atoms with Crippen LogP contribution in [0, 0.1) is 0 Å². The first kappa shape index (κ1) is 10.6. The summed E-state index contributed by atoms with van der Waals surface area (Å²) >= 11 is 0. The zero-order chi connectivity index (χ0) is 10.6. The van der Waals surface area contributed by atoms with Crippen LogP contribution in [-0.2, 0) is 22.4 Å². The molecule has 0 atom stereocenters. The maximum absolute atomic E-state index is 11.0. The number of hydrogen-bond donors (Lipinski definition) is 1. The largest absolute Gasteiger partial charge is 0.469 e. The van der Waals surface area contributed by atoms with Gasteiger partial charge in [-0.05, 0) is 23.6 Å². The fraction of sp³-hybridized carbons (Fsp3) is 0.364. The molecule has 0 aliphatic heterocycles. The van der Waals surface area contributed by atoms with Gasteiger partial charge in [0, 0.05) is 5.69 Å². The lowest BCUT2D eigenvalue weighted by Crippen LogP contribution is -2.05. The van der Waals surface area contributed by atoms with E-state index in [4.69, 9.17) is 5.73 Å². The highest BCUT2D eigenvalue weighted by molar-refractivity contribution is 5.72. The molecule has 1 rings (SSSR count). The van der Waals surface area contributed by atoms with Gasteiger partial charge in [0.1, 0.15) is 0 Å². The number of aryl methyl sites for hydroxylation is 1. The van der Waals surface area contributed by atoms with Crippen molar-refractivity contribution in [3.63, 3.8) is 0 Å². The van der Waals surface area contributed by atoms with E-state index >= 15 is 0 Å². The van der Waals surface area contributed by atoms with Crippen LogP contribution < -0.4 is 5.73 Å². The van der Waals surface area contributed by atoms with E-state index in [2.05, 4.69) is 4.74 Å². The molecule has 2 N–H and O–H groups in total. The number of ether oxygens (including phenoxy) is 1. The molecule has 76 valence electrons. The molecule has 0 aliphatic rings. The van der Waals surface area contributed by atoms with Crippen LogP contribution in [0.4, 0.5) is 5.69 Å². The van der Waals surface area contributed by atoms with Gasteiger partial charge in [-0.3, -0.25) is 4.79 Å². The average Bonchev–Trinajstić information content (AvgIpc) is 2.20. The summed E-state index contributed by atoms with van der Waals surface area (Å²) < 4.78 is 4.59. The molecule has 1 aromatic carbocycles. The third-order valence-electron chi connectivity index (χ3n) is 2.16. The van der Waals surface area contributed by atoms with Gasteiger partial charge in [-0.25, -0.2) is 0 Å². The number of anilines is 1. The standard InChI is InChI=1S/C11H15NO2/c1-3-9-6-8(4-5-10(9)12)7-11(13)14-2/h4-6H,3,7,12H2,1-2H3. The van der Waals surface area contributed by atoms with Gasteiger partial charge in [-0.1, -0.05) is 19.1 Å². The molecule has 0 bridgehead atoms. The Hall–Kier alpha value is -1.51. The number of benzene rings is 1. The third kappa shape index (κ3) is 2.49. The molecular weight excluding hydrogens is 178 g/mol. The first-order chi connectivity index (χ1) is 6.67. The Morgan fingerprint density at radius 2 is 2.21 bits per heavy atom. The lowest BCUT2D eigenvalue weighted by Gasteiger charge is -2.05. The molecule has 0 aliphatic carbocycles. The van der Waals surface area contributed by atoms with Gasteiger partial charge in [0.2, 0.25) is 0 Å². The molecule has 0 fully saturated rings. The smallest absolute Gasteiger partial charge is 0.309 e. The van der Waals surface area contributed by atoms with E-state index in [0.29, 0.717) is 6.42 Å². The Labute approximate surface area is 83.9 Å². The van der Waals surface area contributed by atoms with Gasteiger partial charge in [-0.2, -0.15) is 0 Å². The molecule has 0 saturated heterocycles. The van der Waals surface area contributed by atoms with Crippen molar-refractivity contribution >= 4 is 11.7 Å². The van der Waals surface area contributed by atoms with Crippen LogP contribution in [0.15, 0.2) is 18.2 Å². The van der Waals surface area contributed by atoms with Crippen molar-refractivity contribution < 1.29 is 9.53 Å². The van der Waals surface area contributed by atoms with E-state index < -0.39 is 0 Å². The van der Waals surface area contributed by atoms with Gasteiger partial charge in [0.15, 0.2) is 0 Å². The highest BCUT2D eigenvalue weighted by Crippen LogP contribution is 2.15. The molecular formula is C11H15NO2. The monoisotopic (exact) mass is 193 g/mol. The summed E-state index contributed by atoms with van der Waals surface area (Å²) in [6.45, 7) is 2.04. The van der Waals surface area contributed by atoms with E-state index in [1.54, 1.807) is 0 Å². The molecule has 0 amide bonds. The SMILES string of the molecule is CCc1cc(CC(=O)OC)ccc1N. The van der Waals surface area contributed by atoms with Crippen LogP contribution in [0.3, 0.4) is 0 Å². The average molecular weight is 193 g/mol. The highest BCUT2D eigenvalue weighted by atomic mass is 16.5. The number of esters is 1. The number of methoxy groups -OCH3 is 1. The lowest BCUT2D eigenvalue weighted by atomic mass is 10.0. The summed E-state index contributed by atoms with van der Waals surface area (Å²) in [6.07, 6.45) is 1.19. The summed E-state index contributed by atoms with van der Waals surface area (Å²) in [5.41, 5.74) is 8.55. The summed E-state index contributed by atoms with van der Waals surface area (Å²) in [6, 6.07) is 5.63. The zero-order valence-corrected chi connectivity index (χ0v) is 8.54. The second-order valence-corrected chi connectivity index (χ2v) is 3.14. The Bertz CT molecular complexity index is 334. The van der Waals surface area contributed by atoms with Crippen molar-refractivity contribution in [3.8, 4) is 0 Å². The van der Waals surface area contributed by atoms with Crippen LogP contribution in [0.5, 0.6) is 0 Å². The molecule has 3 heteroatoms. The molecule has 1 aromatic rings. The van der Waals surface area contributed by atoms with E-state index in [-0.39, 0.29) is 5.97 Å². The molecule has 0 heterocycles.